The molecule has 0 aromatic heterocycles. The number of aliphatic hydroxyl groups excluding tert-OH is 1. The molecular weight excluding hydrogens is 65.0 g/mol. The topological polar surface area (TPSA) is 46.2 Å². The third-order valence-corrected chi connectivity index (χ3v) is 0. The zero-order chi connectivity index (χ0) is 2.71. The van der Waals surface area contributed by atoms with Gasteiger partial charge in [0.1, 0.15) is 0 Å². The average molecular weight is 71.1 g/mol. The normalized spacial score (nSPS) is 4.50. The summed E-state index contributed by atoms with van der Waals surface area (Å²) in [6.07, 6.45) is 0. The molecular formula is CH6NNaO. The molecule has 0 spiro atoms. The predicted octanol–water partition coefficient (Wildman–Crippen LogP) is -1.75. The Morgan fingerprint density at radius 2 is 1.75 bits per heavy atom. The van der Waals surface area contributed by atoms with Crippen LogP contribution < -0.4 is 5.73 Å². The molecule has 0 aromatic rings. The van der Waals surface area contributed by atoms with E-state index in [1.54, 1.807) is 0 Å². The summed E-state index contributed by atoms with van der Waals surface area (Å²) >= 11 is 0. The summed E-state index contributed by atoms with van der Waals surface area (Å²) < 4.78 is 0. The summed E-state index contributed by atoms with van der Waals surface area (Å²) in [6, 6.07) is 0. The Bertz CT molecular complexity index is 8.00. The van der Waals surface area contributed by atoms with Gasteiger partial charge in [-0.25, -0.2) is 0 Å². The molecule has 3 N–H and O–H groups in total. The van der Waals surface area contributed by atoms with Crippen LogP contribution in [0.2, 0.25) is 0 Å². The molecule has 0 aliphatic heterocycles. The molecule has 4 heavy (non-hydrogen) atoms. The molecule has 0 fully saturated rings. The SMILES string of the molecule is NCO.[NaH]. The molecule has 0 saturated heterocycles. The molecule has 0 heterocycles. The van der Waals surface area contributed by atoms with E-state index in [1.807, 2.05) is 0 Å². The number of hydrogen-bond donors (Lipinski definition) is 2. The van der Waals surface area contributed by atoms with Crippen molar-refractivity contribution in [3.05, 3.63) is 0 Å². The molecule has 0 saturated carbocycles. The second-order valence-corrected chi connectivity index (χ2v) is 0.183. The van der Waals surface area contributed by atoms with Gasteiger partial charge in [0.25, 0.3) is 0 Å². The molecule has 0 radical (unpaired) electrons. The van der Waals surface area contributed by atoms with Gasteiger partial charge in [-0.15, -0.1) is 0 Å². The third kappa shape index (κ3) is 12.7. The van der Waals surface area contributed by atoms with Crippen molar-refractivity contribution in [2.24, 2.45) is 5.73 Å². The summed E-state index contributed by atoms with van der Waals surface area (Å²) in [5, 5.41) is 7.35. The first-order chi connectivity index (χ1) is 1.41. The first-order valence-electron chi connectivity index (χ1n) is 0.724. The molecule has 0 bridgehead atoms. The second kappa shape index (κ2) is 9.07. The summed E-state index contributed by atoms with van der Waals surface area (Å²) in [5.41, 5.74) is 4.40. The Labute approximate surface area is 47.3 Å². The van der Waals surface area contributed by atoms with Crippen LogP contribution in [0.3, 0.4) is 0 Å². The van der Waals surface area contributed by atoms with Crippen LogP contribution in [0.5, 0.6) is 0 Å². The number of nitrogens with two attached hydrogens (primary N) is 1. The van der Waals surface area contributed by atoms with Crippen LogP contribution in [-0.2, 0) is 0 Å². The van der Waals surface area contributed by atoms with Gasteiger partial charge in [0.2, 0.25) is 0 Å². The minimum absolute atomic E-state index is 0. The van der Waals surface area contributed by atoms with E-state index in [9.17, 15) is 0 Å². The molecule has 0 aliphatic rings. The van der Waals surface area contributed by atoms with Crippen molar-refractivity contribution in [3.63, 3.8) is 0 Å². The number of aliphatic hydroxyl groups is 1. The van der Waals surface area contributed by atoms with Crippen LogP contribution >= 0.6 is 0 Å². The van der Waals surface area contributed by atoms with Crippen LogP contribution in [-0.4, -0.2) is 41.4 Å². The Morgan fingerprint density at radius 3 is 1.75 bits per heavy atom. The molecule has 0 rings (SSSR count). The standard InChI is InChI=1S/CH5NO.Na.H/c2-1-3;;/h3H,1-2H2;;. The molecule has 0 unspecified atom stereocenters. The van der Waals surface area contributed by atoms with Gasteiger partial charge in [-0.05, 0) is 0 Å². The van der Waals surface area contributed by atoms with E-state index in [0.29, 0.717) is 0 Å². The van der Waals surface area contributed by atoms with Crippen LogP contribution in [0.15, 0.2) is 0 Å². The fraction of sp³-hybridized carbons (Fsp3) is 1.00. The first kappa shape index (κ1) is 8.87. The fourth-order valence-corrected chi connectivity index (χ4v) is 0. The van der Waals surface area contributed by atoms with Gasteiger partial charge in [-0.1, -0.05) is 0 Å². The van der Waals surface area contributed by atoms with Gasteiger partial charge in [-0.2, -0.15) is 0 Å². The van der Waals surface area contributed by atoms with Crippen molar-refractivity contribution in [2.75, 3.05) is 6.73 Å². The van der Waals surface area contributed by atoms with E-state index in [1.165, 1.54) is 0 Å². The first-order valence-corrected chi connectivity index (χ1v) is 0.724. The monoisotopic (exact) mass is 71.0 g/mol. The maximum atomic E-state index is 7.35. The number of hydrogen-bond acceptors (Lipinski definition) is 2. The van der Waals surface area contributed by atoms with Crippen molar-refractivity contribution in [1.82, 2.24) is 0 Å². The van der Waals surface area contributed by atoms with Crippen molar-refractivity contribution in [2.45, 2.75) is 0 Å². The minimum atomic E-state index is -0.250. The van der Waals surface area contributed by atoms with E-state index in [-0.39, 0.29) is 36.3 Å². The van der Waals surface area contributed by atoms with Crippen LogP contribution in [0, 0.1) is 0 Å². The zero-order valence-corrected chi connectivity index (χ0v) is 1.73. The summed E-state index contributed by atoms with van der Waals surface area (Å²) in [7, 11) is 0. The van der Waals surface area contributed by atoms with Crippen LogP contribution in [0.4, 0.5) is 0 Å². The van der Waals surface area contributed by atoms with Gasteiger partial charge in [-0.3, -0.25) is 0 Å². The molecule has 0 amide bonds. The Kier molecular flexibility index (Phi) is 20.1. The molecule has 0 aliphatic carbocycles. The van der Waals surface area contributed by atoms with E-state index < -0.39 is 0 Å². The summed E-state index contributed by atoms with van der Waals surface area (Å²) in [4.78, 5) is 0. The second-order valence-electron chi connectivity index (χ2n) is 0.183. The number of rotatable bonds is 0. The molecule has 22 valence electrons. The van der Waals surface area contributed by atoms with Crippen molar-refractivity contribution >= 4 is 29.6 Å². The van der Waals surface area contributed by atoms with Gasteiger partial charge >= 0.3 is 29.6 Å². The van der Waals surface area contributed by atoms with Crippen molar-refractivity contribution < 1.29 is 5.11 Å². The molecule has 0 atom stereocenters. The Balaban J connectivity index is 0. The fourth-order valence-electron chi connectivity index (χ4n) is 0. The molecule has 3 heteroatoms. The molecule has 2 nitrogen and oxygen atoms in total. The van der Waals surface area contributed by atoms with Gasteiger partial charge < -0.3 is 10.8 Å². The maximum absolute atomic E-state index is 7.35. The van der Waals surface area contributed by atoms with Gasteiger partial charge in [0.05, 0.1) is 6.73 Å². The van der Waals surface area contributed by atoms with Crippen LogP contribution in [0.1, 0.15) is 0 Å². The van der Waals surface area contributed by atoms with Gasteiger partial charge in [0.15, 0.2) is 0 Å². The van der Waals surface area contributed by atoms with Crippen molar-refractivity contribution in [1.29, 1.82) is 0 Å². The quantitative estimate of drug-likeness (QED) is 0.263. The Morgan fingerprint density at radius 1 is 1.75 bits per heavy atom. The summed E-state index contributed by atoms with van der Waals surface area (Å²) in [6.45, 7) is -0.250. The van der Waals surface area contributed by atoms with E-state index in [4.69, 9.17) is 5.11 Å². The molecule has 0 aromatic carbocycles. The van der Waals surface area contributed by atoms with E-state index >= 15 is 0 Å². The predicted molar refractivity (Wildman–Crippen MR) is 18.4 cm³/mol. The summed E-state index contributed by atoms with van der Waals surface area (Å²) in [5.74, 6) is 0. The van der Waals surface area contributed by atoms with E-state index in [2.05, 4.69) is 5.73 Å². The third-order valence-electron chi connectivity index (χ3n) is 0. The van der Waals surface area contributed by atoms with Crippen molar-refractivity contribution in [3.8, 4) is 0 Å². The average Bonchev–Trinajstić information content (AvgIpc) is 0.918. The van der Waals surface area contributed by atoms with E-state index in [0.717, 1.165) is 0 Å². The van der Waals surface area contributed by atoms with Gasteiger partial charge in [0, 0.05) is 0 Å². The van der Waals surface area contributed by atoms with Crippen LogP contribution in [0.25, 0.3) is 0 Å². The Hall–Kier alpha value is 0.920. The zero-order valence-electron chi connectivity index (χ0n) is 1.73.